The number of amides is 1. The summed E-state index contributed by atoms with van der Waals surface area (Å²) in [5.41, 5.74) is 0.393. The van der Waals surface area contributed by atoms with Crippen molar-refractivity contribution >= 4 is 17.2 Å². The van der Waals surface area contributed by atoms with E-state index < -0.39 is 0 Å². The number of likely N-dealkylation sites (N-methyl/N-ethyl adjacent to an activating group) is 1. The summed E-state index contributed by atoms with van der Waals surface area (Å²) in [4.78, 5) is 17.9. The maximum absolute atomic E-state index is 12.8. The average Bonchev–Trinajstić information content (AvgIpc) is 3.31. The van der Waals surface area contributed by atoms with E-state index in [0.717, 1.165) is 37.4 Å². The fraction of sp³-hybridized carbons (Fsp3) is 0.529. The van der Waals surface area contributed by atoms with Crippen molar-refractivity contribution in [3.8, 4) is 10.6 Å². The van der Waals surface area contributed by atoms with Crippen LogP contribution in [0, 0.1) is 0 Å². The van der Waals surface area contributed by atoms with E-state index in [-0.39, 0.29) is 11.9 Å². The number of methoxy groups -OCH3 is 1. The van der Waals surface area contributed by atoms with Crippen LogP contribution in [0.4, 0.5) is 0 Å². The summed E-state index contributed by atoms with van der Waals surface area (Å²) in [5, 5.41) is 5.96. The molecule has 7 heteroatoms. The fourth-order valence-corrected chi connectivity index (χ4v) is 3.72. The Labute approximate surface area is 146 Å². The van der Waals surface area contributed by atoms with Gasteiger partial charge < -0.3 is 19.1 Å². The Morgan fingerprint density at radius 2 is 2.46 bits per heavy atom. The zero-order valence-corrected chi connectivity index (χ0v) is 14.9. The molecule has 2 aromatic heterocycles. The number of carbonyl (C=O) groups excluding carboxylic acids is 1. The van der Waals surface area contributed by atoms with Crippen LogP contribution in [0.5, 0.6) is 0 Å². The van der Waals surface area contributed by atoms with E-state index in [1.165, 1.54) is 0 Å². The van der Waals surface area contributed by atoms with Crippen molar-refractivity contribution in [1.29, 1.82) is 0 Å². The number of ether oxygens (including phenoxy) is 1. The van der Waals surface area contributed by atoms with E-state index in [1.54, 1.807) is 24.5 Å². The summed E-state index contributed by atoms with van der Waals surface area (Å²) in [6, 6.07) is 5.89. The highest BCUT2D eigenvalue weighted by atomic mass is 32.1. The summed E-state index contributed by atoms with van der Waals surface area (Å²) < 4.78 is 10.5. The van der Waals surface area contributed by atoms with Gasteiger partial charge in [-0.25, -0.2) is 0 Å². The molecule has 0 spiro atoms. The van der Waals surface area contributed by atoms with Crippen molar-refractivity contribution in [3.05, 3.63) is 29.3 Å². The zero-order valence-electron chi connectivity index (χ0n) is 14.1. The van der Waals surface area contributed by atoms with Gasteiger partial charge in [0, 0.05) is 38.9 Å². The number of hydrogen-bond donors (Lipinski definition) is 0. The summed E-state index contributed by atoms with van der Waals surface area (Å²) in [6.07, 6.45) is 2.06. The van der Waals surface area contributed by atoms with Crippen molar-refractivity contribution in [2.45, 2.75) is 18.9 Å². The molecule has 2 aromatic rings. The average molecular weight is 349 g/mol. The Kier molecular flexibility index (Phi) is 5.65. The molecule has 1 aliphatic rings. The maximum atomic E-state index is 12.8. The van der Waals surface area contributed by atoms with Gasteiger partial charge in [0.15, 0.2) is 11.5 Å². The van der Waals surface area contributed by atoms with Gasteiger partial charge >= 0.3 is 0 Å². The second-order valence-corrected chi connectivity index (χ2v) is 7.05. The quantitative estimate of drug-likeness (QED) is 0.769. The molecule has 3 heterocycles. The monoisotopic (exact) mass is 349 g/mol. The third kappa shape index (κ3) is 3.85. The number of hydrogen-bond acceptors (Lipinski definition) is 6. The van der Waals surface area contributed by atoms with E-state index in [2.05, 4.69) is 17.1 Å². The summed E-state index contributed by atoms with van der Waals surface area (Å²) in [7, 11) is 3.76. The molecule has 3 rings (SSSR count). The van der Waals surface area contributed by atoms with Crippen molar-refractivity contribution < 1.29 is 14.1 Å². The van der Waals surface area contributed by atoms with Gasteiger partial charge in [-0.3, -0.25) is 4.79 Å². The lowest BCUT2D eigenvalue weighted by Crippen LogP contribution is -2.43. The lowest BCUT2D eigenvalue weighted by molar-refractivity contribution is 0.0688. The van der Waals surface area contributed by atoms with Gasteiger partial charge in [0.2, 0.25) is 0 Å². The van der Waals surface area contributed by atoms with Crippen LogP contribution in [-0.4, -0.2) is 67.3 Å². The van der Waals surface area contributed by atoms with Gasteiger partial charge in [-0.05, 0) is 31.3 Å². The number of nitrogens with zero attached hydrogens (tertiary/aromatic N) is 3. The zero-order chi connectivity index (χ0) is 16.9. The van der Waals surface area contributed by atoms with E-state index in [9.17, 15) is 4.79 Å². The summed E-state index contributed by atoms with van der Waals surface area (Å²) in [6.45, 7) is 3.19. The number of aromatic nitrogens is 1. The molecule has 1 atom stereocenters. The Bertz CT molecular complexity index is 656. The van der Waals surface area contributed by atoms with Gasteiger partial charge in [-0.2, -0.15) is 0 Å². The molecule has 0 saturated carbocycles. The van der Waals surface area contributed by atoms with Gasteiger partial charge in [-0.1, -0.05) is 11.2 Å². The molecule has 1 unspecified atom stereocenters. The first kappa shape index (κ1) is 17.1. The predicted molar refractivity (Wildman–Crippen MR) is 93.2 cm³/mol. The first-order valence-corrected chi connectivity index (χ1v) is 9.06. The van der Waals surface area contributed by atoms with E-state index in [0.29, 0.717) is 18.1 Å². The number of carbonyl (C=O) groups is 1. The molecule has 130 valence electrons. The van der Waals surface area contributed by atoms with E-state index in [1.807, 2.05) is 22.4 Å². The Hall–Kier alpha value is -1.70. The molecule has 0 bridgehead atoms. The summed E-state index contributed by atoms with van der Waals surface area (Å²) >= 11 is 1.57. The molecule has 0 aromatic carbocycles. The highest BCUT2D eigenvalue weighted by molar-refractivity contribution is 7.13. The predicted octanol–water partition coefficient (Wildman–Crippen LogP) is 2.59. The first-order chi connectivity index (χ1) is 11.7. The van der Waals surface area contributed by atoms with Crippen LogP contribution in [0.2, 0.25) is 0 Å². The van der Waals surface area contributed by atoms with E-state index >= 15 is 0 Å². The third-order valence-electron chi connectivity index (χ3n) is 4.33. The standard InChI is InChI=1S/C17H23N3O3S/c1-19(8-9-22-2)12-13-5-3-7-20(13)17(21)14-11-15(23-18-14)16-6-4-10-24-16/h4,6,10-11,13H,3,5,7-9,12H2,1-2H3. The van der Waals surface area contributed by atoms with Crippen LogP contribution < -0.4 is 0 Å². The minimum Gasteiger partial charge on any atom is -0.383 e. The second-order valence-electron chi connectivity index (χ2n) is 6.10. The van der Waals surface area contributed by atoms with Crippen LogP contribution in [0.15, 0.2) is 28.1 Å². The topological polar surface area (TPSA) is 58.8 Å². The van der Waals surface area contributed by atoms with Crippen LogP contribution in [0.3, 0.4) is 0 Å². The van der Waals surface area contributed by atoms with Crippen LogP contribution in [-0.2, 0) is 4.74 Å². The molecule has 1 saturated heterocycles. The largest absolute Gasteiger partial charge is 0.383 e. The van der Waals surface area contributed by atoms with Crippen molar-refractivity contribution in [1.82, 2.24) is 15.0 Å². The molecule has 1 aliphatic heterocycles. The fourth-order valence-electron chi connectivity index (χ4n) is 3.05. The maximum Gasteiger partial charge on any atom is 0.276 e. The molecular weight excluding hydrogens is 326 g/mol. The van der Waals surface area contributed by atoms with Gasteiger partial charge in [0.1, 0.15) is 0 Å². The third-order valence-corrected chi connectivity index (χ3v) is 5.22. The molecule has 1 amide bonds. The van der Waals surface area contributed by atoms with Gasteiger partial charge in [0.05, 0.1) is 11.5 Å². The number of rotatable bonds is 7. The molecule has 0 N–H and O–H groups in total. The summed E-state index contributed by atoms with van der Waals surface area (Å²) in [5.74, 6) is 0.616. The Balaban J connectivity index is 1.65. The van der Waals surface area contributed by atoms with Crippen LogP contribution in [0.1, 0.15) is 23.3 Å². The van der Waals surface area contributed by atoms with Crippen LogP contribution in [0.25, 0.3) is 10.6 Å². The van der Waals surface area contributed by atoms with Gasteiger partial charge in [0.25, 0.3) is 5.91 Å². The van der Waals surface area contributed by atoms with Crippen molar-refractivity contribution in [2.75, 3.05) is 40.4 Å². The Morgan fingerprint density at radius 1 is 1.58 bits per heavy atom. The van der Waals surface area contributed by atoms with Crippen LogP contribution >= 0.6 is 11.3 Å². The number of likely N-dealkylation sites (tertiary alicyclic amines) is 1. The molecule has 6 nitrogen and oxygen atoms in total. The first-order valence-electron chi connectivity index (χ1n) is 8.18. The molecule has 24 heavy (non-hydrogen) atoms. The lowest BCUT2D eigenvalue weighted by Gasteiger charge is -2.28. The number of thiophene rings is 1. The van der Waals surface area contributed by atoms with Crippen molar-refractivity contribution in [2.24, 2.45) is 0 Å². The molecule has 0 radical (unpaired) electrons. The van der Waals surface area contributed by atoms with Crippen molar-refractivity contribution in [3.63, 3.8) is 0 Å². The molecule has 0 aliphatic carbocycles. The molecule has 1 fully saturated rings. The second kappa shape index (κ2) is 7.92. The smallest absolute Gasteiger partial charge is 0.276 e. The molecular formula is C17H23N3O3S. The van der Waals surface area contributed by atoms with E-state index in [4.69, 9.17) is 9.26 Å². The normalized spacial score (nSPS) is 17.8. The minimum absolute atomic E-state index is 0.0378. The highest BCUT2D eigenvalue weighted by Crippen LogP contribution is 2.27. The lowest BCUT2D eigenvalue weighted by atomic mass is 10.2. The highest BCUT2D eigenvalue weighted by Gasteiger charge is 2.31. The minimum atomic E-state index is -0.0378. The van der Waals surface area contributed by atoms with Gasteiger partial charge in [-0.15, -0.1) is 11.3 Å². The SMILES string of the molecule is COCCN(C)CC1CCCN1C(=O)c1cc(-c2cccs2)on1. The Morgan fingerprint density at radius 3 is 3.21 bits per heavy atom.